The smallest absolute Gasteiger partial charge is 0.282 e. The lowest BCUT2D eigenvalue weighted by Gasteiger charge is -2.36. The van der Waals surface area contributed by atoms with Crippen LogP contribution in [0.4, 0.5) is 0 Å². The van der Waals surface area contributed by atoms with Crippen molar-refractivity contribution in [2.75, 3.05) is 52.9 Å². The maximum absolute atomic E-state index is 5.67. The third-order valence-electron chi connectivity index (χ3n) is 3.15. The highest BCUT2D eigenvalue weighted by Gasteiger charge is 2.34. The predicted octanol–water partition coefficient (Wildman–Crippen LogP) is -2.42. The van der Waals surface area contributed by atoms with E-state index in [1.54, 1.807) is 0 Å². The molecule has 0 N–H and O–H groups in total. The summed E-state index contributed by atoms with van der Waals surface area (Å²) in [5.74, 6) is 0. The zero-order chi connectivity index (χ0) is 17.6. The summed E-state index contributed by atoms with van der Waals surface area (Å²) in [4.78, 5) is 0. The van der Waals surface area contributed by atoms with Crippen molar-refractivity contribution in [3.63, 3.8) is 0 Å². The SMILES string of the molecule is [B]OCC(CO[B])(CO[B])COCC(CO[B])(CO[B])CO[B]. The van der Waals surface area contributed by atoms with Crippen molar-refractivity contribution in [1.29, 1.82) is 0 Å². The molecule has 116 valence electrons. The van der Waals surface area contributed by atoms with Crippen LogP contribution in [0.1, 0.15) is 0 Å². The molecule has 23 heavy (non-hydrogen) atoms. The maximum atomic E-state index is 5.67. The maximum Gasteiger partial charge on any atom is 0.282 e. The van der Waals surface area contributed by atoms with E-state index in [4.69, 9.17) is 53.0 Å². The van der Waals surface area contributed by atoms with Gasteiger partial charge in [0.05, 0.1) is 24.0 Å². The third-order valence-corrected chi connectivity index (χ3v) is 3.15. The van der Waals surface area contributed by atoms with Crippen molar-refractivity contribution in [2.45, 2.75) is 0 Å². The Morgan fingerprint density at radius 1 is 0.391 bits per heavy atom. The molecule has 12 radical (unpaired) electrons. The minimum atomic E-state index is -0.819. The average molecular weight is 313 g/mol. The van der Waals surface area contributed by atoms with Crippen LogP contribution in [0.3, 0.4) is 0 Å². The molecule has 0 aromatic rings. The Balaban J connectivity index is 4.82. The van der Waals surface area contributed by atoms with Gasteiger partial charge in [0.25, 0.3) is 48.3 Å². The quantitative estimate of drug-likeness (QED) is 0.294. The molecule has 7 nitrogen and oxygen atoms in total. The molecule has 0 fully saturated rings. The Morgan fingerprint density at radius 2 is 0.609 bits per heavy atom. The van der Waals surface area contributed by atoms with Crippen molar-refractivity contribution < 1.29 is 32.7 Å². The largest absolute Gasteiger partial charge is 0.447 e. The first-order valence-electron chi connectivity index (χ1n) is 6.55. The zero-order valence-corrected chi connectivity index (χ0v) is 13.0. The van der Waals surface area contributed by atoms with E-state index in [2.05, 4.69) is 27.9 Å². The molecule has 0 heterocycles. The highest BCUT2D eigenvalue weighted by molar-refractivity contribution is 5.99. The lowest BCUT2D eigenvalue weighted by molar-refractivity contribution is -0.0841. The normalized spacial score (nSPS) is 12.5. The Bertz CT molecular complexity index is 228. The Labute approximate surface area is 145 Å². The monoisotopic (exact) mass is 314 g/mol. The van der Waals surface area contributed by atoms with Crippen LogP contribution in [0.15, 0.2) is 0 Å². The van der Waals surface area contributed by atoms with Gasteiger partial charge in [0.2, 0.25) is 0 Å². The zero-order valence-electron chi connectivity index (χ0n) is 13.0. The van der Waals surface area contributed by atoms with E-state index in [-0.39, 0.29) is 52.9 Å². The standard InChI is InChI=1S/C10H16B6O7/c11-18-3-9(4-19-12,5-20-13)1-17-2-10(6-21-14,7-22-15)8-23-16/h1-8H2. The second kappa shape index (κ2) is 13.4. The second-order valence-corrected chi connectivity index (χ2v) is 5.36. The summed E-state index contributed by atoms with van der Waals surface area (Å²) in [7, 11) is 30.7. The average Bonchev–Trinajstić information content (AvgIpc) is 2.49. The van der Waals surface area contributed by atoms with Gasteiger partial charge in [-0.25, -0.2) is 0 Å². The van der Waals surface area contributed by atoms with Gasteiger partial charge in [0.1, 0.15) is 0 Å². The van der Waals surface area contributed by atoms with Crippen LogP contribution in [0.25, 0.3) is 0 Å². The van der Waals surface area contributed by atoms with Crippen LogP contribution in [-0.4, -0.2) is 101 Å². The molecular weight excluding hydrogens is 297 g/mol. The molecule has 0 spiro atoms. The van der Waals surface area contributed by atoms with Crippen LogP contribution < -0.4 is 0 Å². The van der Waals surface area contributed by atoms with E-state index in [1.165, 1.54) is 0 Å². The van der Waals surface area contributed by atoms with Crippen molar-refractivity contribution >= 4 is 48.3 Å². The van der Waals surface area contributed by atoms with Crippen molar-refractivity contribution in [3.05, 3.63) is 0 Å². The Morgan fingerprint density at radius 3 is 0.783 bits per heavy atom. The summed E-state index contributed by atoms with van der Waals surface area (Å²) >= 11 is 0. The fraction of sp³-hybridized carbons (Fsp3) is 1.00. The van der Waals surface area contributed by atoms with Crippen LogP contribution in [-0.2, 0) is 32.7 Å². The van der Waals surface area contributed by atoms with Crippen molar-refractivity contribution in [1.82, 2.24) is 0 Å². The number of ether oxygens (including phenoxy) is 1. The van der Waals surface area contributed by atoms with E-state index in [0.717, 1.165) is 0 Å². The van der Waals surface area contributed by atoms with Gasteiger partial charge in [-0.3, -0.25) is 0 Å². The van der Waals surface area contributed by atoms with Gasteiger partial charge in [0.15, 0.2) is 0 Å². The fourth-order valence-electron chi connectivity index (χ4n) is 2.04. The summed E-state index contributed by atoms with van der Waals surface area (Å²) in [6.07, 6.45) is 0. The third kappa shape index (κ3) is 8.67. The molecular formula is C10H16B6O7. The number of rotatable bonds is 16. The highest BCUT2D eigenvalue weighted by Crippen LogP contribution is 2.24. The topological polar surface area (TPSA) is 64.6 Å². The summed E-state index contributed by atoms with van der Waals surface area (Å²) in [5, 5.41) is 0. The number of hydrogen-bond acceptors (Lipinski definition) is 7. The van der Waals surface area contributed by atoms with E-state index >= 15 is 0 Å². The molecule has 0 atom stereocenters. The van der Waals surface area contributed by atoms with Crippen LogP contribution in [0.2, 0.25) is 0 Å². The Hall–Kier alpha value is 0.110. The summed E-state index contributed by atoms with van der Waals surface area (Å²) in [5.41, 5.74) is -1.64. The van der Waals surface area contributed by atoms with Gasteiger partial charge in [-0.2, -0.15) is 0 Å². The summed E-state index contributed by atoms with van der Waals surface area (Å²) < 4.78 is 33.6. The van der Waals surface area contributed by atoms with Crippen LogP contribution in [0.5, 0.6) is 0 Å². The van der Waals surface area contributed by atoms with Crippen molar-refractivity contribution in [2.24, 2.45) is 10.8 Å². The minimum absolute atomic E-state index is 0.0303. The van der Waals surface area contributed by atoms with E-state index in [9.17, 15) is 0 Å². The summed E-state index contributed by atoms with van der Waals surface area (Å²) in [6, 6.07) is 0. The Kier molecular flexibility index (Phi) is 13.5. The predicted molar refractivity (Wildman–Crippen MR) is 85.9 cm³/mol. The lowest BCUT2D eigenvalue weighted by Crippen LogP contribution is -2.45. The van der Waals surface area contributed by atoms with Crippen molar-refractivity contribution in [3.8, 4) is 0 Å². The molecule has 0 aliphatic rings. The number of hydrogen-bond donors (Lipinski definition) is 0. The van der Waals surface area contributed by atoms with E-state index in [1.807, 2.05) is 0 Å². The molecule has 0 aliphatic carbocycles. The lowest BCUT2D eigenvalue weighted by atomic mass is 9.89. The second-order valence-electron chi connectivity index (χ2n) is 5.36. The molecule has 0 rings (SSSR count). The molecule has 0 saturated carbocycles. The van der Waals surface area contributed by atoms with Gasteiger partial charge >= 0.3 is 0 Å². The van der Waals surface area contributed by atoms with Gasteiger partial charge in [-0.15, -0.1) is 0 Å². The molecule has 0 aromatic carbocycles. The minimum Gasteiger partial charge on any atom is -0.447 e. The molecule has 0 aliphatic heterocycles. The molecule has 0 amide bonds. The van der Waals surface area contributed by atoms with E-state index < -0.39 is 10.8 Å². The molecule has 0 bridgehead atoms. The fourth-order valence-corrected chi connectivity index (χ4v) is 2.04. The van der Waals surface area contributed by atoms with Crippen LogP contribution >= 0.6 is 0 Å². The van der Waals surface area contributed by atoms with Gasteiger partial charge in [-0.1, -0.05) is 0 Å². The first-order valence-corrected chi connectivity index (χ1v) is 6.55. The highest BCUT2D eigenvalue weighted by atomic mass is 16.5. The molecule has 0 saturated heterocycles. The van der Waals surface area contributed by atoms with Gasteiger partial charge in [-0.05, 0) is 0 Å². The summed E-state index contributed by atoms with van der Waals surface area (Å²) in [6.45, 7) is 0.349. The first-order chi connectivity index (χ1) is 11.1. The van der Waals surface area contributed by atoms with Gasteiger partial charge < -0.3 is 32.7 Å². The molecule has 0 unspecified atom stereocenters. The van der Waals surface area contributed by atoms with Crippen LogP contribution in [0, 0.1) is 10.8 Å². The van der Waals surface area contributed by atoms with Gasteiger partial charge in [0, 0.05) is 39.6 Å². The first kappa shape index (κ1) is 23.1. The van der Waals surface area contributed by atoms with E-state index in [0.29, 0.717) is 0 Å². The molecule has 13 heteroatoms. The molecule has 0 aromatic heterocycles.